The Bertz CT molecular complexity index is 898. The second-order valence-electron chi connectivity index (χ2n) is 9.28. The summed E-state index contributed by atoms with van der Waals surface area (Å²) >= 11 is 0. The van der Waals surface area contributed by atoms with Crippen molar-refractivity contribution in [2.24, 2.45) is 5.92 Å². The molecule has 4 rings (SSSR count). The zero-order valence-corrected chi connectivity index (χ0v) is 19.8. The Morgan fingerprint density at radius 1 is 0.969 bits per heavy atom. The lowest BCUT2D eigenvalue weighted by Crippen LogP contribution is -2.55. The van der Waals surface area contributed by atoms with E-state index in [1.54, 1.807) is 23.5 Å². The van der Waals surface area contributed by atoms with Gasteiger partial charge in [-0.15, -0.1) is 0 Å². The Labute approximate surface area is 191 Å². The van der Waals surface area contributed by atoms with Crippen LogP contribution in [0.15, 0.2) is 24.3 Å². The number of anilines is 1. The van der Waals surface area contributed by atoms with Crippen molar-refractivity contribution in [1.29, 1.82) is 0 Å². The molecule has 0 spiro atoms. The van der Waals surface area contributed by atoms with E-state index in [9.17, 15) is 17.6 Å². The SMILES string of the molecule is CN(C1CCCCC1)S(=O)(=O)N1CCC[C@@H](C(=O)N2CCN(c3ccccc3F)CC2)C1. The highest BCUT2D eigenvalue weighted by atomic mass is 32.2. The van der Waals surface area contributed by atoms with Crippen LogP contribution in [0.5, 0.6) is 0 Å². The molecule has 1 aliphatic carbocycles. The minimum absolute atomic E-state index is 0.0263. The van der Waals surface area contributed by atoms with E-state index in [0.717, 1.165) is 25.7 Å². The number of halogens is 1. The van der Waals surface area contributed by atoms with E-state index < -0.39 is 10.2 Å². The largest absolute Gasteiger partial charge is 0.366 e. The van der Waals surface area contributed by atoms with Gasteiger partial charge in [-0.2, -0.15) is 17.0 Å². The predicted octanol–water partition coefficient (Wildman–Crippen LogP) is 2.70. The molecule has 9 heteroatoms. The van der Waals surface area contributed by atoms with Crippen molar-refractivity contribution in [3.05, 3.63) is 30.1 Å². The monoisotopic (exact) mass is 466 g/mol. The highest BCUT2D eigenvalue weighted by Gasteiger charge is 2.38. The average Bonchev–Trinajstić information content (AvgIpc) is 2.84. The van der Waals surface area contributed by atoms with Crippen LogP contribution in [0.2, 0.25) is 0 Å². The number of rotatable bonds is 5. The van der Waals surface area contributed by atoms with Gasteiger partial charge < -0.3 is 9.80 Å². The summed E-state index contributed by atoms with van der Waals surface area (Å²) in [7, 11) is -1.87. The quantitative estimate of drug-likeness (QED) is 0.669. The Morgan fingerprint density at radius 3 is 2.34 bits per heavy atom. The van der Waals surface area contributed by atoms with E-state index in [0.29, 0.717) is 51.3 Å². The van der Waals surface area contributed by atoms with Gasteiger partial charge in [0.1, 0.15) is 5.82 Å². The molecule has 32 heavy (non-hydrogen) atoms. The fourth-order valence-electron chi connectivity index (χ4n) is 5.30. The number of hydrogen-bond donors (Lipinski definition) is 0. The number of piperidine rings is 1. The fourth-order valence-corrected chi connectivity index (χ4v) is 6.98. The third-order valence-corrected chi connectivity index (χ3v) is 9.31. The molecule has 1 amide bonds. The minimum atomic E-state index is -3.56. The number of nitrogens with zero attached hydrogens (tertiary/aromatic N) is 4. The van der Waals surface area contributed by atoms with Crippen LogP contribution >= 0.6 is 0 Å². The molecule has 1 saturated carbocycles. The molecule has 1 atom stereocenters. The number of amides is 1. The Hall–Kier alpha value is -1.71. The topological polar surface area (TPSA) is 64.2 Å². The van der Waals surface area contributed by atoms with Crippen molar-refractivity contribution >= 4 is 21.8 Å². The first-order chi connectivity index (χ1) is 15.4. The van der Waals surface area contributed by atoms with Crippen LogP contribution < -0.4 is 4.90 Å². The summed E-state index contributed by atoms with van der Waals surface area (Å²) in [5, 5.41) is 0. The molecular formula is C23H35FN4O3S. The van der Waals surface area contributed by atoms with Gasteiger partial charge in [0.15, 0.2) is 0 Å². The van der Waals surface area contributed by atoms with Gasteiger partial charge >= 0.3 is 0 Å². The smallest absolute Gasteiger partial charge is 0.281 e. The fraction of sp³-hybridized carbons (Fsp3) is 0.696. The van der Waals surface area contributed by atoms with Crippen molar-refractivity contribution in [1.82, 2.24) is 13.5 Å². The average molecular weight is 467 g/mol. The van der Waals surface area contributed by atoms with Crippen LogP contribution in [0.1, 0.15) is 44.9 Å². The van der Waals surface area contributed by atoms with Gasteiger partial charge in [0.05, 0.1) is 11.6 Å². The molecule has 2 aliphatic heterocycles. The van der Waals surface area contributed by atoms with Crippen LogP contribution in [0, 0.1) is 11.7 Å². The standard InChI is InChI=1S/C23H35FN4O3S/c1-25(20-9-3-2-4-10-20)32(30,31)28-13-7-8-19(18-28)23(29)27-16-14-26(15-17-27)22-12-6-5-11-21(22)24/h5-6,11-12,19-20H,2-4,7-10,13-18H2,1H3/t19-/m1/s1. The molecule has 0 unspecified atom stereocenters. The molecule has 3 fully saturated rings. The number of piperazine rings is 1. The van der Waals surface area contributed by atoms with E-state index in [4.69, 9.17) is 0 Å². The summed E-state index contributed by atoms with van der Waals surface area (Å²) in [6, 6.07) is 6.77. The predicted molar refractivity (Wildman–Crippen MR) is 123 cm³/mol. The van der Waals surface area contributed by atoms with E-state index in [1.165, 1.54) is 16.8 Å². The molecule has 1 aromatic rings. The van der Waals surface area contributed by atoms with Gasteiger partial charge in [-0.05, 0) is 37.8 Å². The molecule has 7 nitrogen and oxygen atoms in total. The summed E-state index contributed by atoms with van der Waals surface area (Å²) in [6.45, 7) is 2.93. The number of benzene rings is 1. The lowest BCUT2D eigenvalue weighted by atomic mass is 9.96. The van der Waals surface area contributed by atoms with E-state index >= 15 is 0 Å². The van der Waals surface area contributed by atoms with Crippen molar-refractivity contribution < 1.29 is 17.6 Å². The molecule has 0 aromatic heterocycles. The van der Waals surface area contributed by atoms with Crippen molar-refractivity contribution in [3.8, 4) is 0 Å². The molecule has 3 aliphatic rings. The van der Waals surface area contributed by atoms with Gasteiger partial charge in [-0.25, -0.2) is 4.39 Å². The molecule has 2 heterocycles. The first kappa shape index (κ1) is 23.4. The maximum absolute atomic E-state index is 14.1. The molecule has 0 radical (unpaired) electrons. The zero-order chi connectivity index (χ0) is 22.7. The van der Waals surface area contributed by atoms with Crippen LogP contribution in [-0.4, -0.2) is 80.2 Å². The first-order valence-corrected chi connectivity index (χ1v) is 13.3. The summed E-state index contributed by atoms with van der Waals surface area (Å²) in [4.78, 5) is 17.0. The molecule has 0 N–H and O–H groups in total. The number of para-hydroxylation sites is 1. The van der Waals surface area contributed by atoms with Crippen molar-refractivity contribution in [2.75, 3.05) is 51.2 Å². The van der Waals surface area contributed by atoms with Crippen LogP contribution in [-0.2, 0) is 15.0 Å². The normalized spacial score (nSPS) is 24.2. The number of carbonyl (C=O) groups is 1. The lowest BCUT2D eigenvalue weighted by molar-refractivity contribution is -0.137. The Morgan fingerprint density at radius 2 is 1.66 bits per heavy atom. The molecule has 0 bridgehead atoms. The van der Waals surface area contributed by atoms with Gasteiger partial charge in [0, 0.05) is 52.4 Å². The third kappa shape index (κ3) is 4.94. The van der Waals surface area contributed by atoms with Gasteiger partial charge in [-0.3, -0.25) is 4.79 Å². The Kier molecular flexibility index (Phi) is 7.37. The van der Waals surface area contributed by atoms with E-state index in [1.807, 2.05) is 15.9 Å². The maximum atomic E-state index is 14.1. The highest BCUT2D eigenvalue weighted by molar-refractivity contribution is 7.86. The maximum Gasteiger partial charge on any atom is 0.281 e. The molecule has 2 saturated heterocycles. The van der Waals surface area contributed by atoms with Crippen LogP contribution in [0.4, 0.5) is 10.1 Å². The highest BCUT2D eigenvalue weighted by Crippen LogP contribution is 2.28. The van der Waals surface area contributed by atoms with Crippen LogP contribution in [0.3, 0.4) is 0 Å². The lowest BCUT2D eigenvalue weighted by Gasteiger charge is -2.40. The number of hydrogen-bond acceptors (Lipinski definition) is 4. The van der Waals surface area contributed by atoms with Crippen molar-refractivity contribution in [3.63, 3.8) is 0 Å². The summed E-state index contributed by atoms with van der Waals surface area (Å²) in [6.07, 6.45) is 6.56. The first-order valence-electron chi connectivity index (χ1n) is 11.9. The zero-order valence-electron chi connectivity index (χ0n) is 19.0. The second-order valence-corrected chi connectivity index (χ2v) is 11.3. The molecular weight excluding hydrogens is 431 g/mol. The minimum Gasteiger partial charge on any atom is -0.366 e. The van der Waals surface area contributed by atoms with Gasteiger partial charge in [0.2, 0.25) is 5.91 Å². The van der Waals surface area contributed by atoms with Gasteiger partial charge in [-0.1, -0.05) is 31.4 Å². The molecule has 1 aromatic carbocycles. The second kappa shape index (κ2) is 10.1. The van der Waals surface area contributed by atoms with Gasteiger partial charge in [0.25, 0.3) is 10.2 Å². The summed E-state index contributed by atoms with van der Waals surface area (Å²) in [5.41, 5.74) is 0.570. The van der Waals surface area contributed by atoms with Crippen molar-refractivity contribution in [2.45, 2.75) is 51.0 Å². The Balaban J connectivity index is 1.35. The van der Waals surface area contributed by atoms with Crippen LogP contribution in [0.25, 0.3) is 0 Å². The van der Waals surface area contributed by atoms with E-state index in [-0.39, 0.29) is 30.2 Å². The third-order valence-electron chi connectivity index (χ3n) is 7.30. The number of carbonyl (C=O) groups excluding carboxylic acids is 1. The summed E-state index contributed by atoms with van der Waals surface area (Å²) in [5.74, 6) is -0.529. The van der Waals surface area contributed by atoms with E-state index in [2.05, 4.69) is 0 Å². The molecule has 178 valence electrons. The summed E-state index contributed by atoms with van der Waals surface area (Å²) < 4.78 is 43.6.